The van der Waals surface area contributed by atoms with Crippen molar-refractivity contribution in [1.82, 2.24) is 10.2 Å². The maximum absolute atomic E-state index is 14.2. The van der Waals surface area contributed by atoms with Gasteiger partial charge in [-0.05, 0) is 67.8 Å². The van der Waals surface area contributed by atoms with Gasteiger partial charge in [0.25, 0.3) is 10.0 Å². The number of anilines is 1. The number of nitrogens with zero attached hydrogens (tertiary/aromatic N) is 2. The molecule has 0 saturated heterocycles. The Bertz CT molecular complexity index is 1470. The summed E-state index contributed by atoms with van der Waals surface area (Å²) in [5.41, 5.74) is 0.902. The van der Waals surface area contributed by atoms with E-state index in [4.69, 9.17) is 21.1 Å². The molecule has 2 atom stereocenters. The molecular formula is C31H38ClN3O6S. The largest absolute Gasteiger partial charge is 0.497 e. The second kappa shape index (κ2) is 14.9. The second-order valence-electron chi connectivity index (χ2n) is 9.76. The molecule has 0 aliphatic carbocycles. The maximum Gasteiger partial charge on any atom is 0.264 e. The van der Waals surface area contributed by atoms with Crippen LogP contribution >= 0.6 is 11.6 Å². The molecule has 2 amide bonds. The van der Waals surface area contributed by atoms with Gasteiger partial charge in [0.1, 0.15) is 24.1 Å². The van der Waals surface area contributed by atoms with Crippen molar-refractivity contribution in [3.05, 3.63) is 83.4 Å². The van der Waals surface area contributed by atoms with Crippen LogP contribution in [0.2, 0.25) is 5.02 Å². The van der Waals surface area contributed by atoms with E-state index in [1.54, 1.807) is 43.5 Å². The number of hydrogen-bond acceptors (Lipinski definition) is 6. The molecule has 1 N–H and O–H groups in total. The van der Waals surface area contributed by atoms with Gasteiger partial charge >= 0.3 is 0 Å². The number of carbonyl (C=O) groups excluding carboxylic acids is 2. The summed E-state index contributed by atoms with van der Waals surface area (Å²) in [6, 6.07) is 18.6. The van der Waals surface area contributed by atoms with Crippen LogP contribution in [0.3, 0.4) is 0 Å². The van der Waals surface area contributed by atoms with Crippen molar-refractivity contribution >= 4 is 39.1 Å². The van der Waals surface area contributed by atoms with E-state index >= 15 is 0 Å². The highest BCUT2D eigenvalue weighted by molar-refractivity contribution is 7.92. The molecule has 0 spiro atoms. The molecule has 0 heterocycles. The summed E-state index contributed by atoms with van der Waals surface area (Å²) in [7, 11) is -1.21. The molecule has 226 valence electrons. The number of nitrogens with one attached hydrogen (secondary N) is 1. The lowest BCUT2D eigenvalue weighted by Crippen LogP contribution is -2.53. The van der Waals surface area contributed by atoms with Crippen LogP contribution < -0.4 is 19.1 Å². The van der Waals surface area contributed by atoms with E-state index in [0.717, 1.165) is 9.87 Å². The number of rotatable bonds is 14. The first kappa shape index (κ1) is 32.8. The highest BCUT2D eigenvalue weighted by Gasteiger charge is 2.34. The van der Waals surface area contributed by atoms with Gasteiger partial charge in [-0.25, -0.2) is 8.42 Å². The van der Waals surface area contributed by atoms with Crippen LogP contribution in [0.5, 0.6) is 11.5 Å². The molecule has 0 saturated carbocycles. The molecule has 0 bridgehead atoms. The van der Waals surface area contributed by atoms with Gasteiger partial charge in [-0.15, -0.1) is 0 Å². The van der Waals surface area contributed by atoms with Crippen molar-refractivity contribution < 1.29 is 27.5 Å². The lowest BCUT2D eigenvalue weighted by atomic mass is 10.1. The smallest absolute Gasteiger partial charge is 0.264 e. The zero-order valence-corrected chi connectivity index (χ0v) is 26.1. The van der Waals surface area contributed by atoms with Crippen LogP contribution in [0, 0.1) is 0 Å². The van der Waals surface area contributed by atoms with E-state index in [1.165, 1.54) is 42.3 Å². The number of sulfonamides is 1. The first-order chi connectivity index (χ1) is 20.0. The first-order valence-corrected chi connectivity index (χ1v) is 15.5. The minimum absolute atomic E-state index is 0.00522. The van der Waals surface area contributed by atoms with Gasteiger partial charge in [-0.2, -0.15) is 0 Å². The monoisotopic (exact) mass is 615 g/mol. The van der Waals surface area contributed by atoms with Crippen molar-refractivity contribution in [1.29, 1.82) is 0 Å². The predicted octanol–water partition coefficient (Wildman–Crippen LogP) is 5.27. The third-order valence-corrected chi connectivity index (χ3v) is 8.99. The SMILES string of the molecule is CC[C@@H](C)NC(=O)[C@@H](CC)N(Cc1cccc(OC)c1)C(=O)CN(c1ccc(OC)c(Cl)c1)S(=O)(=O)c1ccccc1. The van der Waals surface area contributed by atoms with Gasteiger partial charge in [0.15, 0.2) is 0 Å². The summed E-state index contributed by atoms with van der Waals surface area (Å²) >= 11 is 6.37. The molecule has 3 aromatic carbocycles. The van der Waals surface area contributed by atoms with Crippen molar-refractivity contribution in [2.24, 2.45) is 0 Å². The van der Waals surface area contributed by atoms with Crippen molar-refractivity contribution in [3.63, 3.8) is 0 Å². The number of hydrogen-bond donors (Lipinski definition) is 1. The molecule has 0 unspecified atom stereocenters. The lowest BCUT2D eigenvalue weighted by Gasteiger charge is -2.34. The van der Waals surface area contributed by atoms with Crippen molar-refractivity contribution in [2.45, 2.75) is 57.1 Å². The Morgan fingerprint density at radius 3 is 2.24 bits per heavy atom. The van der Waals surface area contributed by atoms with Crippen LogP contribution in [0.4, 0.5) is 5.69 Å². The topological polar surface area (TPSA) is 105 Å². The summed E-state index contributed by atoms with van der Waals surface area (Å²) < 4.78 is 39.5. The summed E-state index contributed by atoms with van der Waals surface area (Å²) in [5, 5.41) is 3.15. The Kier molecular flexibility index (Phi) is 11.6. The Morgan fingerprint density at radius 1 is 0.929 bits per heavy atom. The fourth-order valence-corrected chi connectivity index (χ4v) is 6.07. The van der Waals surface area contributed by atoms with Gasteiger partial charge in [0, 0.05) is 12.6 Å². The fourth-order valence-electron chi connectivity index (χ4n) is 4.39. The standard InChI is InChI=1S/C31H38ClN3O6S/c1-6-22(3)33-31(37)28(7-2)34(20-23-12-11-13-25(18-23)40-4)30(36)21-35(24-16-17-29(41-5)27(32)19-24)42(38,39)26-14-9-8-10-15-26/h8-19,22,28H,6-7,20-21H2,1-5H3,(H,33,37)/t22-,28-/m1/s1. The summed E-state index contributed by atoms with van der Waals surface area (Å²) in [6.07, 6.45) is 1.03. The Hall–Kier alpha value is -3.76. The van der Waals surface area contributed by atoms with Crippen molar-refractivity contribution in [3.8, 4) is 11.5 Å². The summed E-state index contributed by atoms with van der Waals surface area (Å²) in [4.78, 5) is 29.0. The average Bonchev–Trinajstić information content (AvgIpc) is 2.99. The van der Waals surface area contributed by atoms with Crippen LogP contribution in [-0.4, -0.2) is 58.0 Å². The normalized spacial score (nSPS) is 12.6. The molecule has 9 nitrogen and oxygen atoms in total. The minimum atomic E-state index is -4.21. The molecule has 11 heteroatoms. The lowest BCUT2D eigenvalue weighted by molar-refractivity contribution is -0.140. The third-order valence-electron chi connectivity index (χ3n) is 6.91. The minimum Gasteiger partial charge on any atom is -0.497 e. The van der Waals surface area contributed by atoms with Gasteiger partial charge < -0.3 is 19.7 Å². The third kappa shape index (κ3) is 7.95. The van der Waals surface area contributed by atoms with Gasteiger partial charge in [-0.3, -0.25) is 13.9 Å². The number of halogens is 1. The second-order valence-corrected chi connectivity index (χ2v) is 12.0. The molecule has 0 aliphatic rings. The van der Waals surface area contributed by atoms with Gasteiger partial charge in [0.2, 0.25) is 11.8 Å². The van der Waals surface area contributed by atoms with E-state index in [9.17, 15) is 18.0 Å². The van der Waals surface area contributed by atoms with Crippen LogP contribution in [0.15, 0.2) is 77.7 Å². The zero-order valence-electron chi connectivity index (χ0n) is 24.5. The first-order valence-electron chi connectivity index (χ1n) is 13.7. The number of amides is 2. The van der Waals surface area contributed by atoms with Crippen LogP contribution in [0.1, 0.15) is 39.2 Å². The van der Waals surface area contributed by atoms with Gasteiger partial charge in [0.05, 0.1) is 29.8 Å². The van der Waals surface area contributed by atoms with E-state index < -0.39 is 28.5 Å². The average molecular weight is 616 g/mol. The molecule has 42 heavy (non-hydrogen) atoms. The highest BCUT2D eigenvalue weighted by Crippen LogP contribution is 2.32. The van der Waals surface area contributed by atoms with E-state index in [1.807, 2.05) is 26.8 Å². The quantitative estimate of drug-likeness (QED) is 0.265. The van der Waals surface area contributed by atoms with E-state index in [0.29, 0.717) is 24.3 Å². The van der Waals surface area contributed by atoms with Crippen LogP contribution in [-0.2, 0) is 26.2 Å². The Labute approximate surface area is 253 Å². The van der Waals surface area contributed by atoms with E-state index in [2.05, 4.69) is 5.32 Å². The number of benzene rings is 3. The molecule has 3 aromatic rings. The number of ether oxygens (including phenoxy) is 2. The molecule has 0 radical (unpaired) electrons. The Morgan fingerprint density at radius 2 is 1.64 bits per heavy atom. The molecule has 0 aromatic heterocycles. The highest BCUT2D eigenvalue weighted by atomic mass is 35.5. The van der Waals surface area contributed by atoms with Gasteiger partial charge in [-0.1, -0.05) is 55.8 Å². The summed E-state index contributed by atoms with van der Waals surface area (Å²) in [5.74, 6) is 0.0813. The van der Waals surface area contributed by atoms with E-state index in [-0.39, 0.29) is 34.1 Å². The Balaban J connectivity index is 2.09. The number of methoxy groups -OCH3 is 2. The maximum atomic E-state index is 14.2. The molecular weight excluding hydrogens is 578 g/mol. The fraction of sp³-hybridized carbons (Fsp3) is 0.355. The molecule has 0 aliphatic heterocycles. The predicted molar refractivity (Wildman–Crippen MR) is 164 cm³/mol. The van der Waals surface area contributed by atoms with Crippen LogP contribution in [0.25, 0.3) is 0 Å². The molecule has 3 rings (SSSR count). The molecule has 0 fully saturated rings. The number of carbonyl (C=O) groups is 2. The summed E-state index contributed by atoms with van der Waals surface area (Å²) in [6.45, 7) is 5.15. The zero-order chi connectivity index (χ0) is 30.9. The van der Waals surface area contributed by atoms with Crippen molar-refractivity contribution in [2.75, 3.05) is 25.1 Å².